The molecule has 3 rings (SSSR count). The summed E-state index contributed by atoms with van der Waals surface area (Å²) in [6.07, 6.45) is 2.82. The lowest BCUT2D eigenvalue weighted by Crippen LogP contribution is -2.45. The zero-order valence-corrected chi connectivity index (χ0v) is 15.4. The number of nitrogens with one attached hydrogen (secondary N) is 1. The Kier molecular flexibility index (Phi) is 4.45. The summed E-state index contributed by atoms with van der Waals surface area (Å²) in [5, 5.41) is 5.96. The quantitative estimate of drug-likeness (QED) is 0.670. The van der Waals surface area contributed by atoms with Gasteiger partial charge >= 0.3 is 0 Å². The number of fused-ring (bicyclic) bond motifs is 1. The summed E-state index contributed by atoms with van der Waals surface area (Å²) in [6.45, 7) is 6.83. The average molecular weight is 341 g/mol. The third kappa shape index (κ3) is 3.22. The molecule has 0 bridgehead atoms. The molecule has 1 aromatic carbocycles. The summed E-state index contributed by atoms with van der Waals surface area (Å²) < 4.78 is 0. The van der Waals surface area contributed by atoms with Crippen molar-refractivity contribution in [2.45, 2.75) is 38.6 Å². The molecule has 0 unspecified atom stereocenters. The molecule has 2 aromatic rings. The first-order valence-electron chi connectivity index (χ1n) is 8.13. The van der Waals surface area contributed by atoms with Crippen LogP contribution < -0.4 is 10.3 Å². The first-order chi connectivity index (χ1) is 11.4. The number of nitrogens with zero attached hydrogens (tertiary/aromatic N) is 2. The zero-order chi connectivity index (χ0) is 17.3. The third-order valence-corrected chi connectivity index (χ3v) is 5.65. The summed E-state index contributed by atoms with van der Waals surface area (Å²) >= 11 is 1.40. The maximum atomic E-state index is 11.9. The maximum absolute atomic E-state index is 11.9. The van der Waals surface area contributed by atoms with E-state index in [-0.39, 0.29) is 11.4 Å². The molecule has 1 atom stereocenters. The van der Waals surface area contributed by atoms with Crippen molar-refractivity contribution in [3.05, 3.63) is 51.7 Å². The first-order valence-corrected chi connectivity index (χ1v) is 9.01. The molecule has 1 amide bonds. The molecule has 0 saturated heterocycles. The molecule has 24 heavy (non-hydrogen) atoms. The highest BCUT2D eigenvalue weighted by atomic mass is 32.1. The summed E-state index contributed by atoms with van der Waals surface area (Å²) in [5.41, 5.74) is 6.36. The predicted molar refractivity (Wildman–Crippen MR) is 101 cm³/mol. The summed E-state index contributed by atoms with van der Waals surface area (Å²) in [5.74, 6) is 0.328. The van der Waals surface area contributed by atoms with Crippen molar-refractivity contribution in [2.75, 3.05) is 11.9 Å². The number of rotatable bonds is 3. The van der Waals surface area contributed by atoms with E-state index < -0.39 is 0 Å². The molecule has 0 fully saturated rings. The molecule has 5 heteroatoms. The third-order valence-electron chi connectivity index (χ3n) is 4.78. The van der Waals surface area contributed by atoms with Crippen molar-refractivity contribution in [3.8, 4) is 0 Å². The highest BCUT2D eigenvalue weighted by Crippen LogP contribution is 2.42. The Balaban J connectivity index is 1.76. The highest BCUT2D eigenvalue weighted by molar-refractivity contribution is 7.12. The summed E-state index contributed by atoms with van der Waals surface area (Å²) in [6, 6.07) is 10.0. The van der Waals surface area contributed by atoms with Gasteiger partial charge in [-0.3, -0.25) is 4.79 Å². The molecule has 0 spiro atoms. The Labute approximate surface area is 147 Å². The van der Waals surface area contributed by atoms with E-state index in [0.717, 1.165) is 12.0 Å². The lowest BCUT2D eigenvalue weighted by atomic mass is 9.80. The molecule has 1 aliphatic heterocycles. The average Bonchev–Trinajstić information content (AvgIpc) is 3.07. The number of carbonyl (C=O) groups is 1. The molecule has 2 heterocycles. The second kappa shape index (κ2) is 6.40. The van der Waals surface area contributed by atoms with Gasteiger partial charge in [0.25, 0.3) is 5.91 Å². The molecule has 126 valence electrons. The minimum atomic E-state index is -0.172. The van der Waals surface area contributed by atoms with E-state index >= 15 is 0 Å². The number of hydrogen-bond donors (Lipinski definition) is 1. The van der Waals surface area contributed by atoms with Crippen molar-refractivity contribution in [1.82, 2.24) is 5.43 Å². The molecular formula is C19H23N3OS. The van der Waals surface area contributed by atoms with E-state index in [1.807, 2.05) is 17.5 Å². The van der Waals surface area contributed by atoms with Crippen molar-refractivity contribution in [1.29, 1.82) is 0 Å². The largest absolute Gasteiger partial charge is 0.369 e. The van der Waals surface area contributed by atoms with Crippen LogP contribution in [0.5, 0.6) is 0 Å². The van der Waals surface area contributed by atoms with E-state index in [2.05, 4.69) is 55.4 Å². The van der Waals surface area contributed by atoms with Gasteiger partial charge in [-0.15, -0.1) is 11.3 Å². The Morgan fingerprint density at radius 3 is 2.92 bits per heavy atom. The van der Waals surface area contributed by atoms with Gasteiger partial charge in [-0.2, -0.15) is 5.10 Å². The van der Waals surface area contributed by atoms with Gasteiger partial charge in [-0.25, -0.2) is 5.43 Å². The number of hydrogen-bond acceptors (Lipinski definition) is 4. The number of benzene rings is 1. The highest BCUT2D eigenvalue weighted by Gasteiger charge is 2.33. The first kappa shape index (κ1) is 16.7. The van der Waals surface area contributed by atoms with Crippen LogP contribution in [0.4, 0.5) is 5.69 Å². The monoisotopic (exact) mass is 341 g/mol. The van der Waals surface area contributed by atoms with Crippen molar-refractivity contribution in [3.63, 3.8) is 0 Å². The normalized spacial score (nSPS) is 19.3. The second-order valence-corrected chi connectivity index (χ2v) is 7.92. The smallest absolute Gasteiger partial charge is 0.281 e. The van der Waals surface area contributed by atoms with Crippen molar-refractivity contribution >= 4 is 29.1 Å². The summed E-state index contributed by atoms with van der Waals surface area (Å²) in [7, 11) is 2.15. The lowest BCUT2D eigenvalue weighted by molar-refractivity contribution is 0.0959. The fourth-order valence-corrected chi connectivity index (χ4v) is 3.92. The predicted octanol–water partition coefficient (Wildman–Crippen LogP) is 4.23. The van der Waals surface area contributed by atoms with Crippen LogP contribution >= 0.6 is 11.3 Å². The van der Waals surface area contributed by atoms with E-state index in [4.69, 9.17) is 0 Å². The molecule has 1 aromatic heterocycles. The molecule has 0 radical (unpaired) electrons. The van der Waals surface area contributed by atoms with Gasteiger partial charge in [-0.1, -0.05) is 19.1 Å². The van der Waals surface area contributed by atoms with Gasteiger partial charge in [0, 0.05) is 18.3 Å². The maximum Gasteiger partial charge on any atom is 0.281 e. The molecule has 1 aliphatic rings. The van der Waals surface area contributed by atoms with E-state index in [0.29, 0.717) is 10.8 Å². The standard InChI is InChI=1S/C19H23N3OS/c1-13-11-19(2,3)22(4)16-8-7-14(10-15(13)16)12-20-21-18(23)17-6-5-9-24-17/h5-10,12-13H,11H2,1-4H3,(H,21,23)/b20-12+/t13-/m0/s1. The minimum absolute atomic E-state index is 0.163. The topological polar surface area (TPSA) is 44.7 Å². The van der Waals surface area contributed by atoms with Gasteiger partial charge in [-0.05, 0) is 60.9 Å². The Morgan fingerprint density at radius 1 is 1.42 bits per heavy atom. The minimum Gasteiger partial charge on any atom is -0.369 e. The lowest BCUT2D eigenvalue weighted by Gasteiger charge is -2.45. The second-order valence-electron chi connectivity index (χ2n) is 6.97. The van der Waals surface area contributed by atoms with E-state index in [9.17, 15) is 4.79 Å². The van der Waals surface area contributed by atoms with Gasteiger partial charge in [0.2, 0.25) is 0 Å². The fourth-order valence-electron chi connectivity index (χ4n) is 3.30. The fraction of sp³-hybridized carbons (Fsp3) is 0.368. The van der Waals surface area contributed by atoms with Crippen LogP contribution in [-0.4, -0.2) is 24.7 Å². The molecular weight excluding hydrogens is 318 g/mol. The van der Waals surface area contributed by atoms with Crippen LogP contribution in [0.3, 0.4) is 0 Å². The Hall–Kier alpha value is -2.14. The molecule has 1 N–H and O–H groups in total. The molecule has 4 nitrogen and oxygen atoms in total. The van der Waals surface area contributed by atoms with Gasteiger partial charge in [0.05, 0.1) is 11.1 Å². The Bertz CT molecular complexity index is 765. The van der Waals surface area contributed by atoms with Crippen LogP contribution in [0, 0.1) is 0 Å². The summed E-state index contributed by atoms with van der Waals surface area (Å²) in [4.78, 5) is 14.9. The SMILES string of the molecule is C[C@H]1CC(C)(C)N(C)c2ccc(/C=N/NC(=O)c3cccs3)cc21. The molecule has 0 aliphatic carbocycles. The number of anilines is 1. The van der Waals surface area contributed by atoms with Crippen LogP contribution in [0.2, 0.25) is 0 Å². The zero-order valence-electron chi connectivity index (χ0n) is 14.5. The van der Waals surface area contributed by atoms with Crippen LogP contribution in [0.15, 0.2) is 40.8 Å². The number of amides is 1. The Morgan fingerprint density at radius 2 is 2.21 bits per heavy atom. The van der Waals surface area contributed by atoms with Crippen molar-refractivity contribution < 1.29 is 4.79 Å². The van der Waals surface area contributed by atoms with Crippen LogP contribution in [0.1, 0.15) is 53.9 Å². The number of hydrazone groups is 1. The van der Waals surface area contributed by atoms with Gasteiger partial charge in [0.1, 0.15) is 0 Å². The van der Waals surface area contributed by atoms with Crippen LogP contribution in [0.25, 0.3) is 0 Å². The van der Waals surface area contributed by atoms with E-state index in [1.54, 1.807) is 12.3 Å². The van der Waals surface area contributed by atoms with Gasteiger partial charge < -0.3 is 4.90 Å². The molecule has 0 saturated carbocycles. The van der Waals surface area contributed by atoms with E-state index in [1.165, 1.54) is 22.6 Å². The van der Waals surface area contributed by atoms with Gasteiger partial charge in [0.15, 0.2) is 0 Å². The van der Waals surface area contributed by atoms with Crippen LogP contribution in [-0.2, 0) is 0 Å². The number of carbonyl (C=O) groups excluding carboxylic acids is 1. The number of thiophene rings is 1. The van der Waals surface area contributed by atoms with Crippen molar-refractivity contribution in [2.24, 2.45) is 5.10 Å².